The fourth-order valence-corrected chi connectivity index (χ4v) is 0.654. The lowest BCUT2D eigenvalue weighted by molar-refractivity contribution is 1.03. The summed E-state index contributed by atoms with van der Waals surface area (Å²) in [7, 11) is 1.85. The maximum atomic E-state index is 6.83. The van der Waals surface area contributed by atoms with Crippen molar-refractivity contribution in [1.29, 1.82) is 5.41 Å². The molecule has 9 heavy (non-hydrogen) atoms. The van der Waals surface area contributed by atoms with Crippen molar-refractivity contribution < 1.29 is 0 Å². The van der Waals surface area contributed by atoms with E-state index in [2.05, 4.69) is 10.6 Å². The summed E-state index contributed by atoms with van der Waals surface area (Å²) in [5, 5.41) is 12.5. The lowest BCUT2D eigenvalue weighted by Gasteiger charge is -1.92. The Hall–Kier alpha value is -1.19. The van der Waals surface area contributed by atoms with Crippen LogP contribution in [0.5, 0.6) is 0 Å². The second-order valence-electron chi connectivity index (χ2n) is 1.92. The molecule has 0 amide bonds. The quantitative estimate of drug-likeness (QED) is 0.292. The first kappa shape index (κ1) is 5.94. The maximum Gasteiger partial charge on any atom is 0.190 e. The molecule has 0 saturated carbocycles. The standard InChI is InChI=1S/C5H10N4/c1-8-3-2-4(3)9-5(6)7/h8H,2H2,1H3,(H4,6,7,9). The zero-order valence-electron chi connectivity index (χ0n) is 5.28. The molecule has 1 aliphatic carbocycles. The summed E-state index contributed by atoms with van der Waals surface area (Å²) in [6.07, 6.45) is 0.913. The van der Waals surface area contributed by atoms with Gasteiger partial charge in [0.2, 0.25) is 0 Å². The van der Waals surface area contributed by atoms with Gasteiger partial charge >= 0.3 is 0 Å². The van der Waals surface area contributed by atoms with E-state index in [-0.39, 0.29) is 5.96 Å². The molecular formula is C5H10N4. The molecule has 0 radical (unpaired) electrons. The fourth-order valence-electron chi connectivity index (χ4n) is 0.654. The Balaban J connectivity index is 2.32. The normalized spacial score (nSPS) is 15.2. The van der Waals surface area contributed by atoms with Crippen LogP contribution in [0.25, 0.3) is 0 Å². The molecule has 0 aromatic heterocycles. The van der Waals surface area contributed by atoms with Crippen LogP contribution in [0.3, 0.4) is 0 Å². The maximum absolute atomic E-state index is 6.83. The molecule has 0 aliphatic heterocycles. The summed E-state index contributed by atoms with van der Waals surface area (Å²) in [4.78, 5) is 0. The third-order valence-electron chi connectivity index (χ3n) is 1.18. The zero-order chi connectivity index (χ0) is 6.85. The van der Waals surface area contributed by atoms with Crippen LogP contribution in [-0.4, -0.2) is 13.0 Å². The molecule has 0 heterocycles. The van der Waals surface area contributed by atoms with Crippen LogP contribution >= 0.6 is 0 Å². The number of hydrogen-bond donors (Lipinski definition) is 4. The van der Waals surface area contributed by atoms with Gasteiger partial charge in [-0.1, -0.05) is 0 Å². The summed E-state index contributed by atoms with van der Waals surface area (Å²) in [5.41, 5.74) is 7.24. The van der Waals surface area contributed by atoms with Crippen molar-refractivity contribution in [1.82, 2.24) is 10.6 Å². The molecular weight excluding hydrogens is 116 g/mol. The van der Waals surface area contributed by atoms with Crippen LogP contribution in [0.15, 0.2) is 11.4 Å². The Labute approximate surface area is 53.6 Å². The molecule has 0 saturated heterocycles. The van der Waals surface area contributed by atoms with Gasteiger partial charge in [0, 0.05) is 24.9 Å². The minimum Gasteiger partial charge on any atom is -0.390 e. The van der Waals surface area contributed by atoms with E-state index in [0.717, 1.165) is 17.8 Å². The van der Waals surface area contributed by atoms with Gasteiger partial charge in [-0.3, -0.25) is 5.41 Å². The summed E-state index contributed by atoms with van der Waals surface area (Å²) >= 11 is 0. The van der Waals surface area contributed by atoms with E-state index in [0.29, 0.717) is 0 Å². The Kier molecular flexibility index (Phi) is 1.30. The van der Waals surface area contributed by atoms with E-state index < -0.39 is 0 Å². The third-order valence-corrected chi connectivity index (χ3v) is 1.18. The molecule has 0 aromatic carbocycles. The van der Waals surface area contributed by atoms with Crippen molar-refractivity contribution in [3.63, 3.8) is 0 Å². The molecule has 0 bridgehead atoms. The molecule has 0 atom stereocenters. The van der Waals surface area contributed by atoms with Crippen molar-refractivity contribution in [3.05, 3.63) is 11.4 Å². The highest BCUT2D eigenvalue weighted by Gasteiger charge is 2.19. The van der Waals surface area contributed by atoms with Crippen molar-refractivity contribution >= 4 is 5.96 Å². The monoisotopic (exact) mass is 126 g/mol. The number of hydrogen-bond acceptors (Lipinski definition) is 2. The van der Waals surface area contributed by atoms with Crippen molar-refractivity contribution in [2.75, 3.05) is 7.05 Å². The molecule has 50 valence electrons. The molecule has 4 heteroatoms. The summed E-state index contributed by atoms with van der Waals surface area (Å²) in [5.74, 6) is 0.00949. The first-order valence-corrected chi connectivity index (χ1v) is 2.75. The minimum absolute atomic E-state index is 0.00949. The number of rotatable bonds is 2. The second-order valence-corrected chi connectivity index (χ2v) is 1.92. The lowest BCUT2D eigenvalue weighted by Crippen LogP contribution is -2.26. The van der Waals surface area contributed by atoms with Gasteiger partial charge < -0.3 is 16.4 Å². The second kappa shape index (κ2) is 1.97. The highest BCUT2D eigenvalue weighted by molar-refractivity contribution is 5.77. The van der Waals surface area contributed by atoms with Crippen molar-refractivity contribution in [2.45, 2.75) is 6.42 Å². The molecule has 5 N–H and O–H groups in total. The summed E-state index contributed by atoms with van der Waals surface area (Å²) in [6.45, 7) is 0. The molecule has 4 nitrogen and oxygen atoms in total. The lowest BCUT2D eigenvalue weighted by atomic mass is 10.7. The number of allylic oxidation sites excluding steroid dienone is 2. The van der Waals surface area contributed by atoms with Crippen LogP contribution in [0, 0.1) is 5.41 Å². The van der Waals surface area contributed by atoms with Gasteiger partial charge in [0.25, 0.3) is 0 Å². The summed E-state index contributed by atoms with van der Waals surface area (Å²) < 4.78 is 0. The first-order valence-electron chi connectivity index (χ1n) is 2.75. The zero-order valence-corrected chi connectivity index (χ0v) is 5.28. The summed E-state index contributed by atoms with van der Waals surface area (Å²) in [6, 6.07) is 0. The molecule has 0 spiro atoms. The predicted octanol–water partition coefficient (Wildman–Crippen LogP) is -0.696. The van der Waals surface area contributed by atoms with Gasteiger partial charge in [-0.05, 0) is 0 Å². The SMILES string of the molecule is CNC1=C(NC(=N)N)C1. The van der Waals surface area contributed by atoms with Crippen LogP contribution < -0.4 is 16.4 Å². The van der Waals surface area contributed by atoms with Crippen LogP contribution in [-0.2, 0) is 0 Å². The van der Waals surface area contributed by atoms with E-state index in [1.54, 1.807) is 0 Å². The highest BCUT2D eigenvalue weighted by Crippen LogP contribution is 2.23. The highest BCUT2D eigenvalue weighted by atomic mass is 15.1. The number of nitrogens with one attached hydrogen (secondary N) is 3. The molecule has 0 fully saturated rings. The average molecular weight is 126 g/mol. The predicted molar refractivity (Wildman–Crippen MR) is 35.8 cm³/mol. The average Bonchev–Trinajstić information content (AvgIpc) is 2.45. The smallest absolute Gasteiger partial charge is 0.190 e. The fraction of sp³-hybridized carbons (Fsp3) is 0.400. The minimum atomic E-state index is 0.00949. The van der Waals surface area contributed by atoms with E-state index in [1.807, 2.05) is 7.05 Å². The Bertz CT molecular complexity index is 170. The number of guanidine groups is 1. The third kappa shape index (κ3) is 1.35. The molecule has 1 rings (SSSR count). The molecule has 0 aromatic rings. The van der Waals surface area contributed by atoms with Crippen LogP contribution in [0.1, 0.15) is 6.42 Å². The van der Waals surface area contributed by atoms with Gasteiger partial charge in [0.05, 0.1) is 0 Å². The van der Waals surface area contributed by atoms with Crippen LogP contribution in [0.4, 0.5) is 0 Å². The molecule has 1 aliphatic rings. The molecule has 0 unspecified atom stereocenters. The van der Waals surface area contributed by atoms with Gasteiger partial charge in [-0.15, -0.1) is 0 Å². The van der Waals surface area contributed by atoms with Gasteiger partial charge in [0.1, 0.15) is 0 Å². The largest absolute Gasteiger partial charge is 0.390 e. The van der Waals surface area contributed by atoms with Crippen molar-refractivity contribution in [3.8, 4) is 0 Å². The Morgan fingerprint density at radius 3 is 2.67 bits per heavy atom. The first-order chi connectivity index (χ1) is 4.24. The van der Waals surface area contributed by atoms with Gasteiger partial charge in [-0.2, -0.15) is 0 Å². The van der Waals surface area contributed by atoms with E-state index in [4.69, 9.17) is 11.1 Å². The van der Waals surface area contributed by atoms with Crippen LogP contribution in [0.2, 0.25) is 0 Å². The topological polar surface area (TPSA) is 73.9 Å². The van der Waals surface area contributed by atoms with E-state index in [1.165, 1.54) is 0 Å². The number of nitrogens with two attached hydrogens (primary N) is 1. The Morgan fingerprint density at radius 2 is 2.33 bits per heavy atom. The Morgan fingerprint density at radius 1 is 1.67 bits per heavy atom. The van der Waals surface area contributed by atoms with Gasteiger partial charge in [0.15, 0.2) is 5.96 Å². The van der Waals surface area contributed by atoms with E-state index >= 15 is 0 Å². The van der Waals surface area contributed by atoms with Gasteiger partial charge in [-0.25, -0.2) is 0 Å². The van der Waals surface area contributed by atoms with Crippen molar-refractivity contribution in [2.24, 2.45) is 5.73 Å². The van der Waals surface area contributed by atoms with E-state index in [9.17, 15) is 0 Å².